The fraction of sp³-hybridized carbons (Fsp3) is 0.875. The molecule has 12 heavy (non-hydrogen) atoms. The van der Waals surface area contributed by atoms with Gasteiger partial charge in [0.2, 0.25) is 0 Å². The maximum absolute atomic E-state index is 5.63. The third kappa shape index (κ3) is 6.76. The van der Waals surface area contributed by atoms with Crippen molar-refractivity contribution in [3.63, 3.8) is 0 Å². The van der Waals surface area contributed by atoms with Crippen LogP contribution in [0.15, 0.2) is 0 Å². The highest BCUT2D eigenvalue weighted by atomic mass is 32.1. The topological polar surface area (TPSA) is 18.5 Å². The highest BCUT2D eigenvalue weighted by molar-refractivity contribution is 7.80. The van der Waals surface area contributed by atoms with Gasteiger partial charge in [-0.3, -0.25) is 0 Å². The van der Waals surface area contributed by atoms with Gasteiger partial charge in [0, 0.05) is 19.6 Å². The third-order valence-corrected chi connectivity index (χ3v) is 4.14. The largest absolute Gasteiger partial charge is 0.488 e. The SMILES string of the molecule is CCO[Si](C)(C)CCOC(C)=S. The highest BCUT2D eigenvalue weighted by Gasteiger charge is 2.21. The Balaban J connectivity index is 3.53. The van der Waals surface area contributed by atoms with Crippen molar-refractivity contribution in [1.29, 1.82) is 0 Å². The predicted molar refractivity (Wildman–Crippen MR) is 58.1 cm³/mol. The fourth-order valence-electron chi connectivity index (χ4n) is 0.903. The molecule has 2 nitrogen and oxygen atoms in total. The molecule has 0 aliphatic rings. The first-order chi connectivity index (χ1) is 5.48. The molecule has 0 aromatic heterocycles. The Morgan fingerprint density at radius 1 is 1.42 bits per heavy atom. The van der Waals surface area contributed by atoms with Crippen LogP contribution in [0.5, 0.6) is 0 Å². The van der Waals surface area contributed by atoms with Crippen molar-refractivity contribution in [3.8, 4) is 0 Å². The van der Waals surface area contributed by atoms with Gasteiger partial charge in [-0.05, 0) is 32.2 Å². The number of hydrogen-bond donors (Lipinski definition) is 0. The van der Waals surface area contributed by atoms with E-state index in [0.717, 1.165) is 12.7 Å². The van der Waals surface area contributed by atoms with Gasteiger partial charge in [0.1, 0.15) is 0 Å². The van der Waals surface area contributed by atoms with Crippen LogP contribution in [0.25, 0.3) is 0 Å². The van der Waals surface area contributed by atoms with Gasteiger partial charge in [-0.15, -0.1) is 0 Å². The van der Waals surface area contributed by atoms with Crippen LogP contribution < -0.4 is 0 Å². The molecule has 72 valence electrons. The molecule has 0 bridgehead atoms. The van der Waals surface area contributed by atoms with Crippen molar-refractivity contribution >= 4 is 25.6 Å². The fourth-order valence-corrected chi connectivity index (χ4v) is 2.51. The monoisotopic (exact) mass is 206 g/mol. The molecule has 4 heteroatoms. The second kappa shape index (κ2) is 5.67. The van der Waals surface area contributed by atoms with Crippen LogP contribution in [-0.4, -0.2) is 26.6 Å². The second-order valence-corrected chi connectivity index (χ2v) is 8.17. The number of thiocarbonyl (C=S) groups is 1. The lowest BCUT2D eigenvalue weighted by molar-refractivity contribution is 0.296. The molecular formula is C8H18O2SSi. The lowest BCUT2D eigenvalue weighted by Gasteiger charge is -2.21. The molecular weight excluding hydrogens is 188 g/mol. The molecule has 0 aliphatic heterocycles. The molecule has 0 amide bonds. The molecule has 0 atom stereocenters. The minimum Gasteiger partial charge on any atom is -0.488 e. The normalized spacial score (nSPS) is 11.3. The smallest absolute Gasteiger partial charge is 0.190 e. The number of ether oxygens (including phenoxy) is 1. The molecule has 0 aromatic rings. The molecule has 0 heterocycles. The van der Waals surface area contributed by atoms with Crippen molar-refractivity contribution in [2.45, 2.75) is 33.0 Å². The van der Waals surface area contributed by atoms with E-state index in [1.54, 1.807) is 6.92 Å². The van der Waals surface area contributed by atoms with Crippen molar-refractivity contribution in [2.24, 2.45) is 0 Å². The maximum atomic E-state index is 5.63. The highest BCUT2D eigenvalue weighted by Crippen LogP contribution is 2.10. The van der Waals surface area contributed by atoms with Crippen molar-refractivity contribution < 1.29 is 9.16 Å². The van der Waals surface area contributed by atoms with Crippen LogP contribution in [0.3, 0.4) is 0 Å². The van der Waals surface area contributed by atoms with Crippen LogP contribution in [-0.2, 0) is 9.16 Å². The molecule has 0 N–H and O–H groups in total. The predicted octanol–water partition coefficient (Wildman–Crippen LogP) is 2.59. The first-order valence-corrected chi connectivity index (χ1v) is 7.77. The average Bonchev–Trinajstić information content (AvgIpc) is 1.85. The van der Waals surface area contributed by atoms with E-state index in [2.05, 4.69) is 13.1 Å². The van der Waals surface area contributed by atoms with E-state index in [1.807, 2.05) is 6.92 Å². The van der Waals surface area contributed by atoms with Gasteiger partial charge in [-0.25, -0.2) is 0 Å². The van der Waals surface area contributed by atoms with Crippen LogP contribution >= 0.6 is 12.2 Å². The zero-order valence-corrected chi connectivity index (χ0v) is 10.2. The zero-order chi connectivity index (χ0) is 9.61. The van der Waals surface area contributed by atoms with Gasteiger partial charge >= 0.3 is 0 Å². The first-order valence-electron chi connectivity index (χ1n) is 4.25. The minimum absolute atomic E-state index is 0.622. The van der Waals surface area contributed by atoms with E-state index < -0.39 is 8.32 Å². The summed E-state index contributed by atoms with van der Waals surface area (Å²) in [6.07, 6.45) is 0. The molecule has 0 radical (unpaired) electrons. The summed E-state index contributed by atoms with van der Waals surface area (Å²) in [5, 5.41) is 0.622. The summed E-state index contributed by atoms with van der Waals surface area (Å²) in [7, 11) is -1.45. The molecule has 0 saturated heterocycles. The Bertz CT molecular complexity index is 148. The van der Waals surface area contributed by atoms with Gasteiger partial charge < -0.3 is 9.16 Å². The van der Waals surface area contributed by atoms with E-state index in [4.69, 9.17) is 21.4 Å². The maximum Gasteiger partial charge on any atom is 0.190 e. The average molecular weight is 206 g/mol. The Morgan fingerprint density at radius 2 is 2.00 bits per heavy atom. The zero-order valence-electron chi connectivity index (χ0n) is 8.35. The quantitative estimate of drug-likeness (QED) is 0.509. The molecule has 0 fully saturated rings. The van der Waals surface area contributed by atoms with Crippen LogP contribution in [0.1, 0.15) is 13.8 Å². The molecule has 0 aromatic carbocycles. The molecule has 0 aliphatic carbocycles. The standard InChI is InChI=1S/C8H18O2SSi/c1-5-10-12(3,4)7-6-9-8(2)11/h5-7H2,1-4H3. The van der Waals surface area contributed by atoms with Gasteiger partial charge in [0.05, 0.1) is 6.61 Å². The van der Waals surface area contributed by atoms with Crippen LogP contribution in [0.4, 0.5) is 0 Å². The summed E-state index contributed by atoms with van der Waals surface area (Å²) in [5.74, 6) is 0. The molecule has 0 unspecified atom stereocenters. The Labute approximate surface area is 81.4 Å². The van der Waals surface area contributed by atoms with Crippen molar-refractivity contribution in [3.05, 3.63) is 0 Å². The lowest BCUT2D eigenvalue weighted by Crippen LogP contribution is -2.31. The Hall–Kier alpha value is 0.0669. The molecule has 0 saturated carbocycles. The van der Waals surface area contributed by atoms with Gasteiger partial charge in [-0.1, -0.05) is 0 Å². The van der Waals surface area contributed by atoms with Crippen molar-refractivity contribution in [2.75, 3.05) is 13.2 Å². The van der Waals surface area contributed by atoms with Gasteiger partial charge in [-0.2, -0.15) is 0 Å². The van der Waals surface area contributed by atoms with Crippen molar-refractivity contribution in [1.82, 2.24) is 0 Å². The van der Waals surface area contributed by atoms with E-state index in [-0.39, 0.29) is 0 Å². The summed E-state index contributed by atoms with van der Waals surface area (Å²) in [5.41, 5.74) is 0. The lowest BCUT2D eigenvalue weighted by atomic mass is 10.8. The van der Waals surface area contributed by atoms with E-state index >= 15 is 0 Å². The Morgan fingerprint density at radius 3 is 2.42 bits per heavy atom. The molecule has 0 spiro atoms. The van der Waals surface area contributed by atoms with Gasteiger partial charge in [0.25, 0.3) is 0 Å². The van der Waals surface area contributed by atoms with E-state index in [0.29, 0.717) is 11.7 Å². The number of hydrogen-bond acceptors (Lipinski definition) is 3. The second-order valence-electron chi connectivity index (χ2n) is 3.28. The van der Waals surface area contributed by atoms with Crippen LogP contribution in [0, 0.1) is 0 Å². The Kier molecular flexibility index (Phi) is 5.70. The van der Waals surface area contributed by atoms with E-state index in [9.17, 15) is 0 Å². The minimum atomic E-state index is -1.45. The van der Waals surface area contributed by atoms with Gasteiger partial charge in [0.15, 0.2) is 13.4 Å². The third-order valence-electron chi connectivity index (χ3n) is 1.54. The summed E-state index contributed by atoms with van der Waals surface area (Å²) in [6, 6.07) is 1.01. The first kappa shape index (κ1) is 12.1. The summed E-state index contributed by atoms with van der Waals surface area (Å²) in [6.45, 7) is 9.71. The summed E-state index contributed by atoms with van der Waals surface area (Å²) in [4.78, 5) is 0. The summed E-state index contributed by atoms with van der Waals surface area (Å²) >= 11 is 4.80. The number of rotatable bonds is 5. The van der Waals surface area contributed by atoms with E-state index in [1.165, 1.54) is 0 Å². The van der Waals surface area contributed by atoms with Crippen LogP contribution in [0.2, 0.25) is 19.1 Å². The summed E-state index contributed by atoms with van der Waals surface area (Å²) < 4.78 is 10.8. The molecule has 0 rings (SSSR count).